The lowest BCUT2D eigenvalue weighted by Gasteiger charge is -2.42. The summed E-state index contributed by atoms with van der Waals surface area (Å²) < 4.78 is 30.0. The molecule has 0 bridgehead atoms. The highest BCUT2D eigenvalue weighted by Gasteiger charge is 2.56. The monoisotopic (exact) mass is 376 g/mol. The number of hydrogen-bond acceptors (Lipinski definition) is 11. The van der Waals surface area contributed by atoms with Crippen LogP contribution in [0.2, 0.25) is 0 Å². The molecule has 0 N–H and O–H groups in total. The molecule has 1 fully saturated rings. The minimum atomic E-state index is -1.60. The van der Waals surface area contributed by atoms with Crippen molar-refractivity contribution in [2.45, 2.75) is 58.4 Å². The van der Waals surface area contributed by atoms with E-state index >= 15 is 0 Å². The van der Waals surface area contributed by atoms with Gasteiger partial charge >= 0.3 is 29.8 Å². The topological polar surface area (TPSA) is 141 Å². The fourth-order valence-corrected chi connectivity index (χ4v) is 2.34. The molecule has 0 aromatic rings. The first kappa shape index (κ1) is 21.4. The molecule has 26 heavy (non-hydrogen) atoms. The maximum absolute atomic E-state index is 12.0. The predicted octanol–water partition coefficient (Wildman–Crippen LogP) is -0.757. The summed E-state index contributed by atoms with van der Waals surface area (Å²) in [5.74, 6) is -4.25. The molecule has 5 atom stereocenters. The van der Waals surface area contributed by atoms with E-state index in [1.165, 1.54) is 0 Å². The molecule has 0 aromatic carbocycles. The molecule has 146 valence electrons. The molecule has 1 aliphatic rings. The molecule has 1 saturated heterocycles. The van der Waals surface area contributed by atoms with E-state index in [2.05, 4.69) is 4.74 Å². The summed E-state index contributed by atoms with van der Waals surface area (Å²) >= 11 is 0. The second-order valence-corrected chi connectivity index (χ2v) is 5.28. The van der Waals surface area contributed by atoms with Crippen LogP contribution in [-0.4, -0.2) is 67.7 Å². The summed E-state index contributed by atoms with van der Waals surface area (Å²) in [7, 11) is 1.05. The van der Waals surface area contributed by atoms with Gasteiger partial charge in [-0.2, -0.15) is 0 Å². The summed E-state index contributed by atoms with van der Waals surface area (Å²) in [6.45, 7) is 4.22. The molecular formula is C15H20O11. The van der Waals surface area contributed by atoms with Gasteiger partial charge in [0.1, 0.15) is 0 Å². The van der Waals surface area contributed by atoms with Gasteiger partial charge < -0.3 is 28.4 Å². The van der Waals surface area contributed by atoms with Crippen LogP contribution >= 0.6 is 0 Å². The van der Waals surface area contributed by atoms with Crippen LogP contribution in [0.3, 0.4) is 0 Å². The van der Waals surface area contributed by atoms with Crippen LogP contribution in [0.5, 0.6) is 0 Å². The predicted molar refractivity (Wildman–Crippen MR) is 79.1 cm³/mol. The molecule has 1 aliphatic heterocycles. The number of ether oxygens (including phenoxy) is 6. The lowest BCUT2D eigenvalue weighted by atomic mass is 9.97. The number of rotatable bonds is 5. The van der Waals surface area contributed by atoms with E-state index in [4.69, 9.17) is 23.7 Å². The summed E-state index contributed by atoms with van der Waals surface area (Å²) in [6, 6.07) is 0. The van der Waals surface area contributed by atoms with Crippen LogP contribution in [-0.2, 0) is 52.4 Å². The first-order valence-corrected chi connectivity index (χ1v) is 7.49. The third-order valence-corrected chi connectivity index (χ3v) is 3.12. The van der Waals surface area contributed by atoms with Crippen molar-refractivity contribution in [2.75, 3.05) is 7.11 Å². The van der Waals surface area contributed by atoms with Crippen LogP contribution in [0.15, 0.2) is 0 Å². The molecule has 0 saturated carbocycles. The van der Waals surface area contributed by atoms with Crippen molar-refractivity contribution in [1.82, 2.24) is 0 Å². The van der Waals surface area contributed by atoms with E-state index in [9.17, 15) is 24.0 Å². The number of carbonyl (C=O) groups excluding carboxylic acids is 5. The average Bonchev–Trinajstić information content (AvgIpc) is 2.50. The Morgan fingerprint density at radius 3 is 1.50 bits per heavy atom. The number of carbonyl (C=O) groups is 5. The second-order valence-electron chi connectivity index (χ2n) is 5.28. The van der Waals surface area contributed by atoms with Crippen LogP contribution < -0.4 is 0 Å². The van der Waals surface area contributed by atoms with E-state index in [-0.39, 0.29) is 0 Å². The van der Waals surface area contributed by atoms with Crippen molar-refractivity contribution >= 4 is 29.8 Å². The van der Waals surface area contributed by atoms with Crippen molar-refractivity contribution in [3.05, 3.63) is 0 Å². The van der Waals surface area contributed by atoms with Gasteiger partial charge in [0.15, 0.2) is 18.3 Å². The highest BCUT2D eigenvalue weighted by atomic mass is 16.7. The fraction of sp³-hybridized carbons (Fsp3) is 0.667. The first-order chi connectivity index (χ1) is 12.1. The number of methoxy groups -OCH3 is 1. The summed E-state index contributed by atoms with van der Waals surface area (Å²) in [5.41, 5.74) is 0. The highest BCUT2D eigenvalue weighted by molar-refractivity contribution is 5.77. The van der Waals surface area contributed by atoms with Gasteiger partial charge in [0.05, 0.1) is 7.11 Å². The minimum absolute atomic E-state index is 0.814. The van der Waals surface area contributed by atoms with Gasteiger partial charge in [-0.25, -0.2) is 4.79 Å². The van der Waals surface area contributed by atoms with Crippen LogP contribution in [0, 0.1) is 0 Å². The van der Waals surface area contributed by atoms with Gasteiger partial charge in [-0.3, -0.25) is 19.2 Å². The van der Waals surface area contributed by atoms with Crippen molar-refractivity contribution in [2.24, 2.45) is 0 Å². The lowest BCUT2D eigenvalue weighted by Crippen LogP contribution is -2.64. The maximum Gasteiger partial charge on any atom is 0.339 e. The van der Waals surface area contributed by atoms with Gasteiger partial charge in [-0.1, -0.05) is 0 Å². The molecule has 0 amide bonds. The number of esters is 5. The van der Waals surface area contributed by atoms with Gasteiger partial charge in [0.25, 0.3) is 0 Å². The quantitative estimate of drug-likeness (QED) is 0.441. The Labute approximate surface area is 148 Å². The molecule has 1 heterocycles. The summed E-state index contributed by atoms with van der Waals surface area (Å²) in [5, 5.41) is 0. The van der Waals surface area contributed by atoms with Crippen molar-refractivity contribution in [1.29, 1.82) is 0 Å². The first-order valence-electron chi connectivity index (χ1n) is 7.49. The maximum atomic E-state index is 12.0. The van der Waals surface area contributed by atoms with E-state index < -0.39 is 60.6 Å². The number of hydrogen-bond donors (Lipinski definition) is 0. The average molecular weight is 376 g/mol. The zero-order chi connectivity index (χ0) is 20.0. The SMILES string of the molecule is COC(=O)[C@H]1O[C@H](OC(C)=O)[C@H](OC(C)=O)[C@@H](OC(C)=O)[C@@H]1OC(C)=O. The molecule has 1 rings (SSSR count). The smallest absolute Gasteiger partial charge is 0.339 e. The largest absolute Gasteiger partial charge is 0.467 e. The van der Waals surface area contributed by atoms with E-state index in [0.29, 0.717) is 0 Å². The molecule has 0 spiro atoms. The van der Waals surface area contributed by atoms with Gasteiger partial charge in [0, 0.05) is 27.7 Å². The van der Waals surface area contributed by atoms with Gasteiger partial charge in [0.2, 0.25) is 12.4 Å². The Morgan fingerprint density at radius 2 is 1.08 bits per heavy atom. The zero-order valence-electron chi connectivity index (χ0n) is 14.9. The fourth-order valence-electron chi connectivity index (χ4n) is 2.34. The van der Waals surface area contributed by atoms with E-state index in [0.717, 1.165) is 34.8 Å². The Hall–Kier alpha value is -2.69. The van der Waals surface area contributed by atoms with Crippen molar-refractivity contribution in [3.8, 4) is 0 Å². The Bertz CT molecular complexity index is 584. The van der Waals surface area contributed by atoms with Gasteiger partial charge in [-0.15, -0.1) is 0 Å². The summed E-state index contributed by atoms with van der Waals surface area (Å²) in [6.07, 6.45) is -7.66. The van der Waals surface area contributed by atoms with E-state index in [1.54, 1.807) is 0 Å². The lowest BCUT2D eigenvalue weighted by molar-refractivity contribution is -0.294. The Kier molecular flexibility index (Phi) is 7.50. The third-order valence-electron chi connectivity index (χ3n) is 3.12. The Morgan fingerprint density at radius 1 is 0.654 bits per heavy atom. The normalized spacial score (nSPS) is 27.7. The van der Waals surface area contributed by atoms with Crippen LogP contribution in [0.25, 0.3) is 0 Å². The minimum Gasteiger partial charge on any atom is -0.467 e. The van der Waals surface area contributed by atoms with Crippen molar-refractivity contribution in [3.63, 3.8) is 0 Å². The highest BCUT2D eigenvalue weighted by Crippen LogP contribution is 2.30. The molecule has 11 nitrogen and oxygen atoms in total. The molecule has 0 aliphatic carbocycles. The summed E-state index contributed by atoms with van der Waals surface area (Å²) in [4.78, 5) is 57.7. The standard InChI is InChI=1S/C15H20O11/c1-6(16)22-10-11(23-7(2)17)13(24-8(3)18)15(25-9(4)19)26-12(10)14(20)21-5/h10-13,15H,1-5H3/t10-,11-,12-,13+,15-/m0/s1. The Balaban J connectivity index is 3.37. The molecule has 0 radical (unpaired) electrons. The van der Waals surface area contributed by atoms with Gasteiger partial charge in [-0.05, 0) is 0 Å². The van der Waals surface area contributed by atoms with Crippen molar-refractivity contribution < 1.29 is 52.4 Å². The molecule has 0 aromatic heterocycles. The molecule has 11 heteroatoms. The third kappa shape index (κ3) is 5.69. The molecule has 0 unspecified atom stereocenters. The molecular weight excluding hydrogens is 356 g/mol. The van der Waals surface area contributed by atoms with Crippen LogP contribution in [0.1, 0.15) is 27.7 Å². The van der Waals surface area contributed by atoms with Crippen LogP contribution in [0.4, 0.5) is 0 Å². The van der Waals surface area contributed by atoms with E-state index in [1.807, 2.05) is 0 Å². The zero-order valence-corrected chi connectivity index (χ0v) is 14.9. The second kappa shape index (κ2) is 9.13.